The molecule has 1 heterocycles. The molecule has 3 amide bonds. The number of nitrogens with zero attached hydrogens (tertiary/aromatic N) is 2. The van der Waals surface area contributed by atoms with Crippen LogP contribution in [0.25, 0.3) is 0 Å². The van der Waals surface area contributed by atoms with Crippen molar-refractivity contribution in [1.82, 2.24) is 15.1 Å². The molecule has 7 nitrogen and oxygen atoms in total. The molecule has 0 atom stereocenters. The van der Waals surface area contributed by atoms with E-state index in [1.54, 1.807) is 28.9 Å². The first-order valence-electron chi connectivity index (χ1n) is 10.7. The van der Waals surface area contributed by atoms with E-state index in [1.165, 1.54) is 0 Å². The van der Waals surface area contributed by atoms with Crippen LogP contribution < -0.4 is 5.32 Å². The molecule has 1 N–H and O–H groups in total. The van der Waals surface area contributed by atoms with Gasteiger partial charge in [0.25, 0.3) is 5.91 Å². The molecule has 0 unspecified atom stereocenters. The number of carbonyl (C=O) groups excluding carboxylic acids is 3. The number of hydrogen-bond acceptors (Lipinski definition) is 4. The number of rotatable bonds is 7. The Morgan fingerprint density at radius 2 is 1.52 bits per heavy atom. The number of ether oxygens (including phenoxy) is 1. The van der Waals surface area contributed by atoms with E-state index in [-0.39, 0.29) is 17.9 Å². The van der Waals surface area contributed by atoms with Gasteiger partial charge in [0.15, 0.2) is 0 Å². The molecule has 2 aromatic rings. The first kappa shape index (κ1) is 22.3. The summed E-state index contributed by atoms with van der Waals surface area (Å²) in [6, 6.07) is 17.2. The van der Waals surface area contributed by atoms with E-state index < -0.39 is 0 Å². The Bertz CT molecular complexity index is 875. The molecule has 0 saturated carbocycles. The second kappa shape index (κ2) is 11.2. The minimum atomic E-state index is -0.329. The fraction of sp³-hybridized carbons (Fsp3) is 0.375. The van der Waals surface area contributed by atoms with Crippen LogP contribution in [0.1, 0.15) is 34.8 Å². The number of amides is 3. The van der Waals surface area contributed by atoms with Gasteiger partial charge < -0.3 is 19.9 Å². The quantitative estimate of drug-likeness (QED) is 0.743. The number of hydrogen-bond donors (Lipinski definition) is 1. The van der Waals surface area contributed by atoms with E-state index in [9.17, 15) is 14.4 Å². The average Bonchev–Trinajstić information content (AvgIpc) is 2.82. The molecule has 2 aromatic carbocycles. The summed E-state index contributed by atoms with van der Waals surface area (Å²) in [5.74, 6) is -0.0505. The largest absolute Gasteiger partial charge is 0.450 e. The van der Waals surface area contributed by atoms with Gasteiger partial charge in [0, 0.05) is 44.7 Å². The van der Waals surface area contributed by atoms with Gasteiger partial charge >= 0.3 is 6.09 Å². The van der Waals surface area contributed by atoms with E-state index in [2.05, 4.69) is 5.32 Å². The lowest BCUT2D eigenvalue weighted by molar-refractivity contribution is -0.121. The van der Waals surface area contributed by atoms with Gasteiger partial charge in [0.05, 0.1) is 6.61 Å². The van der Waals surface area contributed by atoms with E-state index in [0.717, 1.165) is 11.1 Å². The molecular formula is C24H29N3O4. The average molecular weight is 424 g/mol. The van der Waals surface area contributed by atoms with E-state index in [1.807, 2.05) is 42.5 Å². The third-order valence-electron chi connectivity index (χ3n) is 5.27. The van der Waals surface area contributed by atoms with E-state index in [0.29, 0.717) is 57.7 Å². The zero-order chi connectivity index (χ0) is 22.1. The summed E-state index contributed by atoms with van der Waals surface area (Å²) in [5, 5.41) is 2.92. The number of nitrogens with one attached hydrogen (secondary N) is 1. The van der Waals surface area contributed by atoms with Crippen LogP contribution in [0.3, 0.4) is 0 Å². The van der Waals surface area contributed by atoms with Gasteiger partial charge in [-0.1, -0.05) is 42.5 Å². The summed E-state index contributed by atoms with van der Waals surface area (Å²) >= 11 is 0. The lowest BCUT2D eigenvalue weighted by atomic mass is 10.1. The molecule has 7 heteroatoms. The van der Waals surface area contributed by atoms with Gasteiger partial charge in [-0.15, -0.1) is 0 Å². The summed E-state index contributed by atoms with van der Waals surface area (Å²) in [6.07, 6.45) is 0.826. The van der Waals surface area contributed by atoms with Crippen LogP contribution in [-0.4, -0.2) is 60.5 Å². The number of carbonyl (C=O) groups is 3. The maximum atomic E-state index is 12.7. The van der Waals surface area contributed by atoms with Crippen LogP contribution in [0.4, 0.5) is 4.79 Å². The highest BCUT2D eigenvalue weighted by atomic mass is 16.6. The van der Waals surface area contributed by atoms with Gasteiger partial charge in [-0.05, 0) is 36.6 Å². The summed E-state index contributed by atoms with van der Waals surface area (Å²) in [6.45, 7) is 4.46. The number of benzene rings is 2. The molecule has 0 aromatic heterocycles. The minimum absolute atomic E-state index is 0.00322. The Labute approximate surface area is 183 Å². The Balaban J connectivity index is 1.43. The van der Waals surface area contributed by atoms with Crippen LogP contribution in [-0.2, 0) is 22.5 Å². The smallest absolute Gasteiger partial charge is 0.409 e. The molecule has 0 aliphatic carbocycles. The highest BCUT2D eigenvalue weighted by Gasteiger charge is 2.25. The Morgan fingerprint density at radius 1 is 0.871 bits per heavy atom. The van der Waals surface area contributed by atoms with Gasteiger partial charge in [0.1, 0.15) is 0 Å². The monoisotopic (exact) mass is 423 g/mol. The summed E-state index contributed by atoms with van der Waals surface area (Å²) in [4.78, 5) is 39.9. The molecule has 31 heavy (non-hydrogen) atoms. The van der Waals surface area contributed by atoms with Gasteiger partial charge in [-0.3, -0.25) is 9.59 Å². The van der Waals surface area contributed by atoms with Gasteiger partial charge in [-0.25, -0.2) is 4.79 Å². The van der Waals surface area contributed by atoms with Crippen molar-refractivity contribution in [2.75, 3.05) is 32.8 Å². The van der Waals surface area contributed by atoms with Crippen molar-refractivity contribution in [3.63, 3.8) is 0 Å². The molecule has 0 radical (unpaired) electrons. The van der Waals surface area contributed by atoms with Crippen molar-refractivity contribution < 1.29 is 19.1 Å². The van der Waals surface area contributed by atoms with Crippen molar-refractivity contribution in [3.05, 3.63) is 71.3 Å². The molecular weight excluding hydrogens is 394 g/mol. The number of piperazine rings is 1. The summed E-state index contributed by atoms with van der Waals surface area (Å²) < 4.78 is 5.01. The van der Waals surface area contributed by atoms with Crippen LogP contribution in [0.15, 0.2) is 54.6 Å². The number of aryl methyl sites for hydroxylation is 1. The molecule has 3 rings (SSSR count). The molecule has 0 bridgehead atoms. The summed E-state index contributed by atoms with van der Waals surface area (Å²) in [5.41, 5.74) is 2.68. The Kier molecular flexibility index (Phi) is 8.04. The van der Waals surface area contributed by atoms with E-state index >= 15 is 0 Å². The highest BCUT2D eigenvalue weighted by molar-refractivity contribution is 5.94. The minimum Gasteiger partial charge on any atom is -0.450 e. The van der Waals surface area contributed by atoms with Gasteiger partial charge in [0.2, 0.25) is 5.91 Å². The summed E-state index contributed by atoms with van der Waals surface area (Å²) in [7, 11) is 0. The van der Waals surface area contributed by atoms with Crippen molar-refractivity contribution in [2.24, 2.45) is 0 Å². The van der Waals surface area contributed by atoms with Crippen LogP contribution in [0.2, 0.25) is 0 Å². The van der Waals surface area contributed by atoms with Crippen LogP contribution >= 0.6 is 0 Å². The van der Waals surface area contributed by atoms with Gasteiger partial charge in [-0.2, -0.15) is 0 Å². The molecule has 1 fully saturated rings. The maximum absolute atomic E-state index is 12.7. The fourth-order valence-electron chi connectivity index (χ4n) is 3.45. The second-order valence-electron chi connectivity index (χ2n) is 7.44. The first-order valence-corrected chi connectivity index (χ1v) is 10.7. The van der Waals surface area contributed by atoms with Crippen molar-refractivity contribution in [1.29, 1.82) is 0 Å². The Hall–Kier alpha value is -3.35. The predicted molar refractivity (Wildman–Crippen MR) is 118 cm³/mol. The second-order valence-corrected chi connectivity index (χ2v) is 7.44. The molecule has 1 aliphatic heterocycles. The standard InChI is InChI=1S/C24H29N3O4/c1-2-31-24(30)27-16-14-26(15-17-27)23(29)21-11-8-20(9-12-21)18-25-22(28)13-10-19-6-4-3-5-7-19/h3-9,11-12H,2,10,13-18H2,1H3,(H,25,28). The normalized spacial score (nSPS) is 13.6. The van der Waals surface area contributed by atoms with Crippen LogP contribution in [0, 0.1) is 0 Å². The Morgan fingerprint density at radius 3 is 2.16 bits per heavy atom. The zero-order valence-electron chi connectivity index (χ0n) is 17.9. The molecule has 1 aliphatic rings. The van der Waals surface area contributed by atoms with Crippen molar-refractivity contribution >= 4 is 17.9 Å². The lowest BCUT2D eigenvalue weighted by Crippen LogP contribution is -2.50. The SMILES string of the molecule is CCOC(=O)N1CCN(C(=O)c2ccc(CNC(=O)CCc3ccccc3)cc2)CC1. The zero-order valence-corrected chi connectivity index (χ0v) is 17.9. The highest BCUT2D eigenvalue weighted by Crippen LogP contribution is 2.11. The fourth-order valence-corrected chi connectivity index (χ4v) is 3.45. The third-order valence-corrected chi connectivity index (χ3v) is 5.27. The van der Waals surface area contributed by atoms with Crippen molar-refractivity contribution in [3.8, 4) is 0 Å². The molecule has 0 spiro atoms. The van der Waals surface area contributed by atoms with E-state index in [4.69, 9.17) is 4.74 Å². The first-order chi connectivity index (χ1) is 15.1. The van der Waals surface area contributed by atoms with Crippen LogP contribution in [0.5, 0.6) is 0 Å². The predicted octanol–water partition coefficient (Wildman–Crippen LogP) is 2.85. The molecule has 1 saturated heterocycles. The van der Waals surface area contributed by atoms with Crippen molar-refractivity contribution in [2.45, 2.75) is 26.3 Å². The third kappa shape index (κ3) is 6.57. The lowest BCUT2D eigenvalue weighted by Gasteiger charge is -2.34. The topological polar surface area (TPSA) is 79.0 Å². The molecule has 164 valence electrons. The maximum Gasteiger partial charge on any atom is 0.409 e.